The second-order valence-corrected chi connectivity index (χ2v) is 6.56. The molecule has 1 aromatic carbocycles. The van der Waals surface area contributed by atoms with E-state index in [0.29, 0.717) is 6.54 Å². The summed E-state index contributed by atoms with van der Waals surface area (Å²) < 4.78 is 22.6. The number of benzene rings is 1. The summed E-state index contributed by atoms with van der Waals surface area (Å²) in [4.78, 5) is 17.8. The summed E-state index contributed by atoms with van der Waals surface area (Å²) in [5, 5.41) is 2.90. The van der Waals surface area contributed by atoms with E-state index in [1.54, 1.807) is 12.1 Å². The maximum absolute atomic E-state index is 11.3. The molecule has 2 N–H and O–H groups in total. The highest BCUT2D eigenvalue weighted by Crippen LogP contribution is 2.15. The number of sulfone groups is 1. The van der Waals surface area contributed by atoms with Crippen LogP contribution in [0.3, 0.4) is 0 Å². The monoisotopic (exact) mass is 313 g/mol. The Balaban J connectivity index is 2.12. The molecular weight excluding hydrogens is 302 g/mol. The van der Waals surface area contributed by atoms with Crippen molar-refractivity contribution in [3.8, 4) is 0 Å². The summed E-state index contributed by atoms with van der Waals surface area (Å²) in [6.07, 6.45) is 2.41. The third-order valence-electron chi connectivity index (χ3n) is 2.61. The lowest BCUT2D eigenvalue weighted by molar-refractivity contribution is 0.602. The van der Waals surface area contributed by atoms with E-state index in [1.807, 2.05) is 0 Å². The van der Waals surface area contributed by atoms with Crippen LogP contribution in [-0.4, -0.2) is 24.6 Å². The molecule has 0 unspecified atom stereocenters. The van der Waals surface area contributed by atoms with Gasteiger partial charge in [-0.05, 0) is 17.7 Å². The maximum Gasteiger partial charge on any atom is 0.271 e. The Morgan fingerprint density at radius 2 is 1.95 bits per heavy atom. The van der Waals surface area contributed by atoms with Gasteiger partial charge in [-0.25, -0.2) is 13.4 Å². The zero-order valence-corrected chi connectivity index (χ0v) is 12.1. The smallest absolute Gasteiger partial charge is 0.271 e. The van der Waals surface area contributed by atoms with Gasteiger partial charge in [-0.15, -0.1) is 0 Å². The van der Waals surface area contributed by atoms with E-state index >= 15 is 0 Å². The Hall–Kier alpha value is -1.86. The van der Waals surface area contributed by atoms with Crippen LogP contribution in [0.15, 0.2) is 40.3 Å². The molecule has 0 atom stereocenters. The Bertz CT molecular complexity index is 769. The van der Waals surface area contributed by atoms with Crippen LogP contribution in [0.2, 0.25) is 5.02 Å². The van der Waals surface area contributed by atoms with Crippen LogP contribution in [0.25, 0.3) is 0 Å². The minimum Gasteiger partial charge on any atom is -0.365 e. The van der Waals surface area contributed by atoms with Crippen molar-refractivity contribution in [2.24, 2.45) is 0 Å². The first kappa shape index (κ1) is 14.5. The number of nitrogens with zero attached hydrogens (tertiary/aromatic N) is 1. The summed E-state index contributed by atoms with van der Waals surface area (Å²) in [6, 6.07) is 6.42. The third-order valence-corrected chi connectivity index (χ3v) is 4.09. The molecule has 0 bridgehead atoms. The summed E-state index contributed by atoms with van der Waals surface area (Å²) >= 11 is 5.80. The molecule has 0 radical (unpaired) electrons. The van der Waals surface area contributed by atoms with Crippen LogP contribution in [0, 0.1) is 0 Å². The second kappa shape index (κ2) is 5.64. The highest BCUT2D eigenvalue weighted by Gasteiger charge is 2.07. The van der Waals surface area contributed by atoms with Gasteiger partial charge in [0.1, 0.15) is 5.02 Å². The van der Waals surface area contributed by atoms with E-state index in [4.69, 9.17) is 11.6 Å². The molecule has 106 valence electrons. The molecule has 0 fully saturated rings. The zero-order valence-electron chi connectivity index (χ0n) is 10.6. The van der Waals surface area contributed by atoms with Crippen molar-refractivity contribution in [1.29, 1.82) is 0 Å². The molecule has 0 spiro atoms. The van der Waals surface area contributed by atoms with Crippen LogP contribution in [0.1, 0.15) is 5.56 Å². The minimum absolute atomic E-state index is 0.0137. The van der Waals surface area contributed by atoms with Crippen LogP contribution < -0.4 is 10.9 Å². The molecule has 2 rings (SSSR count). The number of aromatic amines is 1. The average molecular weight is 314 g/mol. The number of rotatable bonds is 4. The molecule has 2 aromatic rings. The lowest BCUT2D eigenvalue weighted by atomic mass is 10.2. The standard InChI is InChI=1S/C12H12ClN3O3S/c1-20(18,19)9-4-2-8(3-5-9)6-14-11-10(13)12(17)16-7-15-11/h2-5,7H,6H2,1H3,(H2,14,15,16,17). The predicted octanol–water partition coefficient (Wildman–Crippen LogP) is 1.44. The number of anilines is 1. The first-order valence-corrected chi connectivity index (χ1v) is 7.91. The highest BCUT2D eigenvalue weighted by molar-refractivity contribution is 7.90. The van der Waals surface area contributed by atoms with Crippen molar-refractivity contribution in [3.05, 3.63) is 51.5 Å². The van der Waals surface area contributed by atoms with Crippen LogP contribution >= 0.6 is 11.6 Å². The van der Waals surface area contributed by atoms with Gasteiger partial charge in [0.2, 0.25) is 0 Å². The Morgan fingerprint density at radius 3 is 2.55 bits per heavy atom. The fourth-order valence-corrected chi connectivity index (χ4v) is 2.35. The normalized spacial score (nSPS) is 11.3. The van der Waals surface area contributed by atoms with Gasteiger partial charge in [0, 0.05) is 12.8 Å². The average Bonchev–Trinajstić information content (AvgIpc) is 2.40. The van der Waals surface area contributed by atoms with Crippen molar-refractivity contribution < 1.29 is 8.42 Å². The van der Waals surface area contributed by atoms with Crippen molar-refractivity contribution in [1.82, 2.24) is 9.97 Å². The second-order valence-electron chi connectivity index (χ2n) is 4.16. The fraction of sp³-hybridized carbons (Fsp3) is 0.167. The Morgan fingerprint density at radius 1 is 1.30 bits per heavy atom. The lowest BCUT2D eigenvalue weighted by Gasteiger charge is -2.07. The van der Waals surface area contributed by atoms with Crippen LogP contribution in [-0.2, 0) is 16.4 Å². The first-order valence-electron chi connectivity index (χ1n) is 5.64. The van der Waals surface area contributed by atoms with E-state index in [9.17, 15) is 13.2 Å². The molecule has 1 heterocycles. The van der Waals surface area contributed by atoms with Gasteiger partial charge in [0.05, 0.1) is 11.2 Å². The number of H-pyrrole nitrogens is 1. The number of hydrogen-bond acceptors (Lipinski definition) is 5. The SMILES string of the molecule is CS(=O)(=O)c1ccc(CNc2nc[nH]c(=O)c2Cl)cc1. The van der Waals surface area contributed by atoms with E-state index in [2.05, 4.69) is 15.3 Å². The molecule has 0 aliphatic heterocycles. The Kier molecular flexibility index (Phi) is 4.10. The van der Waals surface area contributed by atoms with E-state index in [-0.39, 0.29) is 15.7 Å². The molecule has 0 amide bonds. The molecule has 1 aromatic heterocycles. The van der Waals surface area contributed by atoms with Crippen molar-refractivity contribution >= 4 is 27.3 Å². The zero-order chi connectivity index (χ0) is 14.8. The van der Waals surface area contributed by atoms with Gasteiger partial charge in [-0.1, -0.05) is 23.7 Å². The first-order chi connectivity index (χ1) is 9.38. The van der Waals surface area contributed by atoms with Gasteiger partial charge >= 0.3 is 0 Å². The van der Waals surface area contributed by atoms with E-state index in [0.717, 1.165) is 11.8 Å². The maximum atomic E-state index is 11.3. The predicted molar refractivity (Wildman–Crippen MR) is 76.7 cm³/mol. The molecular formula is C12H12ClN3O3S. The number of nitrogens with one attached hydrogen (secondary N) is 2. The quantitative estimate of drug-likeness (QED) is 0.891. The van der Waals surface area contributed by atoms with Gasteiger partial charge in [-0.2, -0.15) is 0 Å². The van der Waals surface area contributed by atoms with Gasteiger partial charge in [0.25, 0.3) is 5.56 Å². The van der Waals surface area contributed by atoms with Gasteiger partial charge in [0.15, 0.2) is 15.7 Å². The largest absolute Gasteiger partial charge is 0.365 e. The molecule has 20 heavy (non-hydrogen) atoms. The molecule has 8 heteroatoms. The van der Waals surface area contributed by atoms with Crippen molar-refractivity contribution in [2.75, 3.05) is 11.6 Å². The molecule has 6 nitrogen and oxygen atoms in total. The van der Waals surface area contributed by atoms with Crippen molar-refractivity contribution in [3.63, 3.8) is 0 Å². The van der Waals surface area contributed by atoms with Crippen LogP contribution in [0.4, 0.5) is 5.82 Å². The molecule has 0 aliphatic rings. The summed E-state index contributed by atoms with van der Waals surface area (Å²) in [5.74, 6) is 0.280. The summed E-state index contributed by atoms with van der Waals surface area (Å²) in [6.45, 7) is 0.375. The van der Waals surface area contributed by atoms with Crippen LogP contribution in [0.5, 0.6) is 0 Å². The lowest BCUT2D eigenvalue weighted by Crippen LogP contribution is -2.11. The molecule has 0 saturated heterocycles. The van der Waals surface area contributed by atoms with Crippen molar-refractivity contribution in [2.45, 2.75) is 11.4 Å². The van der Waals surface area contributed by atoms with E-state index < -0.39 is 15.4 Å². The van der Waals surface area contributed by atoms with Gasteiger partial charge < -0.3 is 10.3 Å². The van der Waals surface area contributed by atoms with E-state index in [1.165, 1.54) is 18.5 Å². The minimum atomic E-state index is -3.20. The Labute approximate surface area is 120 Å². The van der Waals surface area contributed by atoms with Gasteiger partial charge in [-0.3, -0.25) is 4.79 Å². The molecule has 0 saturated carbocycles. The summed E-state index contributed by atoms with van der Waals surface area (Å²) in [5.41, 5.74) is 0.423. The third kappa shape index (κ3) is 3.37. The molecule has 0 aliphatic carbocycles. The topological polar surface area (TPSA) is 91.9 Å². The fourth-order valence-electron chi connectivity index (χ4n) is 1.55. The summed E-state index contributed by atoms with van der Waals surface area (Å²) in [7, 11) is -3.20. The number of hydrogen-bond donors (Lipinski definition) is 2. The number of halogens is 1. The number of aromatic nitrogens is 2. The highest BCUT2D eigenvalue weighted by atomic mass is 35.5.